The molecule has 328 valence electrons. The van der Waals surface area contributed by atoms with Crippen LogP contribution in [0.4, 0.5) is 0 Å². The molecule has 0 unspecified atom stereocenters. The van der Waals surface area contributed by atoms with E-state index in [0.717, 1.165) is 81.4 Å². The highest BCUT2D eigenvalue weighted by molar-refractivity contribution is 6.00. The Morgan fingerprint density at radius 3 is 2.22 bits per heavy atom. The maximum absolute atomic E-state index is 14.4. The Morgan fingerprint density at radius 1 is 0.881 bits per heavy atom. The first-order valence-corrected chi connectivity index (χ1v) is 23.0. The van der Waals surface area contributed by atoms with Gasteiger partial charge in [-0.3, -0.25) is 29.3 Å². The van der Waals surface area contributed by atoms with Crippen LogP contribution in [-0.4, -0.2) is 93.6 Å². The van der Waals surface area contributed by atoms with Crippen molar-refractivity contribution in [2.24, 2.45) is 68.0 Å². The molecule has 0 spiro atoms. The van der Waals surface area contributed by atoms with Gasteiger partial charge in [-0.1, -0.05) is 67.9 Å². The summed E-state index contributed by atoms with van der Waals surface area (Å²) < 4.78 is 6.45. The maximum Gasteiger partial charge on any atom is 0.309 e. The fraction of sp³-hybridized carbons (Fsp3) is 0.816. The Bertz CT molecular complexity index is 1860. The van der Waals surface area contributed by atoms with Crippen molar-refractivity contribution in [3.05, 3.63) is 34.9 Å². The molecular weight excluding hydrogens is 741 g/mol. The van der Waals surface area contributed by atoms with Crippen molar-refractivity contribution >= 4 is 17.7 Å². The number of aliphatic hydroxyl groups is 1. The van der Waals surface area contributed by atoms with Crippen molar-refractivity contribution in [3.63, 3.8) is 0 Å². The number of fused-ring (bicyclic) bond motifs is 7. The fourth-order valence-electron chi connectivity index (χ4n) is 15.1. The number of aromatic nitrogens is 2. The largest absolute Gasteiger partial charge is 0.481 e. The highest BCUT2D eigenvalue weighted by Gasteiger charge is 2.71. The Morgan fingerprint density at radius 2 is 1.59 bits per heavy atom. The molecule has 0 amide bonds. The molecule has 0 saturated heterocycles. The summed E-state index contributed by atoms with van der Waals surface area (Å²) in [5.74, 6) is -0.503. The number of Topliss-reactive ketones (excluding diaryl/α,β-unsaturated/α-hetero) is 1. The number of ether oxygens (including phenoxy) is 1. The summed E-state index contributed by atoms with van der Waals surface area (Å²) in [4.78, 5) is 53.5. The number of hydrogen-bond acceptors (Lipinski definition) is 9. The first-order valence-electron chi connectivity index (χ1n) is 23.0. The highest BCUT2D eigenvalue weighted by Crippen LogP contribution is 2.77. The molecule has 1 heterocycles. The number of allylic oxidation sites excluding steroid dienone is 1. The molecule has 59 heavy (non-hydrogen) atoms. The smallest absolute Gasteiger partial charge is 0.309 e. The van der Waals surface area contributed by atoms with Gasteiger partial charge in [-0.15, -0.1) is 0 Å². The number of carbonyl (C=O) groups excluding carboxylic acids is 2. The molecule has 1 aromatic heterocycles. The number of hydrogen-bond donors (Lipinski definition) is 2. The minimum atomic E-state index is -0.829. The van der Waals surface area contributed by atoms with E-state index < -0.39 is 28.8 Å². The number of carboxylic acids is 1. The summed E-state index contributed by atoms with van der Waals surface area (Å²) in [5.41, 5.74) is 2.76. The van der Waals surface area contributed by atoms with E-state index in [0.29, 0.717) is 37.8 Å². The zero-order valence-electron chi connectivity index (χ0n) is 38.5. The van der Waals surface area contributed by atoms with Crippen LogP contribution in [0.5, 0.6) is 0 Å². The first kappa shape index (κ1) is 44.4. The van der Waals surface area contributed by atoms with Gasteiger partial charge in [0.1, 0.15) is 6.10 Å². The number of aliphatic hydroxyl groups excluding tert-OH is 1. The molecule has 2 N–H and O–H groups in total. The topological polar surface area (TPSA) is 133 Å². The number of nitrogens with zero attached hydrogens (tertiary/aromatic N) is 4. The molecule has 0 aliphatic heterocycles. The van der Waals surface area contributed by atoms with Gasteiger partial charge in [-0.05, 0) is 130 Å². The van der Waals surface area contributed by atoms with Gasteiger partial charge < -0.3 is 19.8 Å². The lowest BCUT2D eigenvalue weighted by atomic mass is 9.33. The number of aliphatic carboxylic acids is 1. The molecule has 6 aliphatic rings. The van der Waals surface area contributed by atoms with Gasteiger partial charge in [0.25, 0.3) is 0 Å². The van der Waals surface area contributed by atoms with Gasteiger partial charge >= 0.3 is 11.9 Å². The van der Waals surface area contributed by atoms with Crippen LogP contribution >= 0.6 is 0 Å². The van der Waals surface area contributed by atoms with Gasteiger partial charge in [0, 0.05) is 55.8 Å². The van der Waals surface area contributed by atoms with Crippen LogP contribution in [0, 0.1) is 74.9 Å². The van der Waals surface area contributed by atoms with Crippen LogP contribution in [0.1, 0.15) is 138 Å². The normalized spacial score (nSPS) is 38.9. The van der Waals surface area contributed by atoms with E-state index in [9.17, 15) is 24.6 Å². The molecular formula is C49H76N4O6. The molecule has 10 heteroatoms. The number of esters is 1. The Labute approximate surface area is 354 Å². The molecule has 1 aromatic rings. The number of likely N-dealkylation sites (N-methyl/N-ethyl adjacent to an activating group) is 1. The van der Waals surface area contributed by atoms with Crippen LogP contribution in [-0.2, 0) is 25.7 Å². The lowest BCUT2D eigenvalue weighted by molar-refractivity contribution is -0.238. The van der Waals surface area contributed by atoms with Crippen molar-refractivity contribution in [1.29, 1.82) is 0 Å². The summed E-state index contributed by atoms with van der Waals surface area (Å²) in [5, 5.41) is 22.4. The van der Waals surface area contributed by atoms with Crippen molar-refractivity contribution < 1.29 is 29.3 Å². The second-order valence-corrected chi connectivity index (χ2v) is 22.8. The number of carboxylic acid groups (broad SMARTS) is 1. The first-order chi connectivity index (χ1) is 27.4. The second-order valence-electron chi connectivity index (χ2n) is 22.8. The Hall–Kier alpha value is -2.69. The monoisotopic (exact) mass is 817 g/mol. The SMILES string of the molecule is Cc1cncc(CN(CCN(C)C)C[C@H](O)[C@@]23CC[C@]4(C)[C@H](CC[C@@H]5[C@@]6(C)CC[C@H](OC(=O)[C@H]7C[C@@H](C(=O)O)C7(C)C)C(C)(C)[C@@H]6CC[C@]54C)C2=C(C(C)C)C(=O)C3)n1. The standard InChI is InChI=1S/C49H76N4O6/c1-29(2)40-35(54)24-49(38(55)28-53(22-21-52(11)12)27-31-26-50-25-30(3)51-31)20-19-47(9)32(41(40)49)13-14-37-46(8)17-16-39(45(6,7)36(46)15-18-48(37,47)10)59-43(58)34-23-33(42(56)57)44(34,4)5/h25-26,29,32-34,36-39,55H,13-24,27-28H2,1-12H3,(H,56,57)/t32-,33+,34-,36+,37-,38+,39+,46+,47-,48-,49+/m1/s1. The summed E-state index contributed by atoms with van der Waals surface area (Å²) in [6.07, 6.45) is 11.4. The summed E-state index contributed by atoms with van der Waals surface area (Å²) in [6.45, 7) is 25.1. The van der Waals surface area contributed by atoms with E-state index in [1.54, 1.807) is 6.20 Å². The predicted octanol–water partition coefficient (Wildman–Crippen LogP) is 8.15. The van der Waals surface area contributed by atoms with E-state index in [1.165, 1.54) is 5.57 Å². The van der Waals surface area contributed by atoms with Crippen LogP contribution in [0.15, 0.2) is 23.5 Å². The number of ketones is 1. The summed E-state index contributed by atoms with van der Waals surface area (Å²) in [6, 6.07) is 0. The van der Waals surface area contributed by atoms with Gasteiger partial charge in [0.05, 0.1) is 29.3 Å². The van der Waals surface area contributed by atoms with E-state index in [4.69, 9.17) is 9.72 Å². The van der Waals surface area contributed by atoms with E-state index in [2.05, 4.69) is 77.3 Å². The third kappa shape index (κ3) is 6.96. The minimum absolute atomic E-state index is 0.0288. The third-order valence-electron chi connectivity index (χ3n) is 18.7. The Balaban J connectivity index is 1.15. The molecule has 7 rings (SSSR count). The molecule has 5 saturated carbocycles. The minimum Gasteiger partial charge on any atom is -0.481 e. The van der Waals surface area contributed by atoms with E-state index in [1.807, 2.05) is 27.0 Å². The molecule has 0 radical (unpaired) electrons. The molecule has 0 bridgehead atoms. The van der Waals surface area contributed by atoms with Crippen LogP contribution in [0.3, 0.4) is 0 Å². The summed E-state index contributed by atoms with van der Waals surface area (Å²) >= 11 is 0. The lowest BCUT2D eigenvalue weighted by Gasteiger charge is -2.72. The van der Waals surface area contributed by atoms with Gasteiger partial charge in [-0.25, -0.2) is 0 Å². The van der Waals surface area contributed by atoms with Crippen molar-refractivity contribution in [2.75, 3.05) is 33.7 Å². The molecule has 0 aromatic carbocycles. The number of rotatable bonds is 12. The van der Waals surface area contributed by atoms with Crippen molar-refractivity contribution in [1.82, 2.24) is 19.8 Å². The van der Waals surface area contributed by atoms with Gasteiger partial charge in [-0.2, -0.15) is 0 Å². The molecule has 6 aliphatic carbocycles. The number of carbonyl (C=O) groups is 3. The molecule has 5 fully saturated rings. The number of aryl methyl sites for hydroxylation is 1. The Kier molecular flexibility index (Phi) is 11.5. The van der Waals surface area contributed by atoms with Crippen LogP contribution in [0.25, 0.3) is 0 Å². The van der Waals surface area contributed by atoms with Gasteiger partial charge in [0.2, 0.25) is 0 Å². The zero-order valence-corrected chi connectivity index (χ0v) is 38.5. The lowest BCUT2D eigenvalue weighted by Crippen LogP contribution is -2.66. The average Bonchev–Trinajstić information content (AvgIpc) is 3.44. The average molecular weight is 817 g/mol. The maximum atomic E-state index is 14.4. The van der Waals surface area contributed by atoms with Crippen LogP contribution in [0.2, 0.25) is 0 Å². The van der Waals surface area contributed by atoms with Gasteiger partial charge in [0.15, 0.2) is 5.78 Å². The van der Waals surface area contributed by atoms with E-state index in [-0.39, 0.29) is 57.3 Å². The summed E-state index contributed by atoms with van der Waals surface area (Å²) in [7, 11) is 4.16. The van der Waals surface area contributed by atoms with E-state index >= 15 is 0 Å². The third-order valence-corrected chi connectivity index (χ3v) is 18.7. The molecule has 11 atom stereocenters. The quantitative estimate of drug-likeness (QED) is 0.199. The highest BCUT2D eigenvalue weighted by atomic mass is 16.5. The second kappa shape index (κ2) is 15.3. The van der Waals surface area contributed by atoms with Crippen molar-refractivity contribution in [2.45, 2.75) is 152 Å². The van der Waals surface area contributed by atoms with Crippen LogP contribution < -0.4 is 0 Å². The molecule has 10 nitrogen and oxygen atoms in total. The fourth-order valence-corrected chi connectivity index (χ4v) is 15.1. The van der Waals surface area contributed by atoms with Crippen molar-refractivity contribution in [3.8, 4) is 0 Å². The predicted molar refractivity (Wildman–Crippen MR) is 229 cm³/mol. The zero-order chi connectivity index (χ0) is 43.2.